The molecule has 0 radical (unpaired) electrons. The van der Waals surface area contributed by atoms with Crippen LogP contribution in [0, 0.1) is 17.8 Å². The van der Waals surface area contributed by atoms with Crippen LogP contribution in [0.1, 0.15) is 51.1 Å². The van der Waals surface area contributed by atoms with Crippen LogP contribution in [0.5, 0.6) is 0 Å². The number of halogens is 1. The average molecular weight is 344 g/mol. The number of aryl methyl sites for hydroxylation is 1. The van der Waals surface area contributed by atoms with Gasteiger partial charge in [0.05, 0.1) is 5.69 Å². The maximum atomic E-state index is 12.5. The van der Waals surface area contributed by atoms with Crippen molar-refractivity contribution in [3.8, 4) is 0 Å². The molecule has 0 aromatic carbocycles. The minimum Gasteiger partial charge on any atom is -0.327 e. The van der Waals surface area contributed by atoms with E-state index in [4.69, 9.17) is 5.73 Å². The fourth-order valence-electron chi connectivity index (χ4n) is 3.95. The summed E-state index contributed by atoms with van der Waals surface area (Å²) < 4.78 is 0. The molecule has 1 amide bonds. The summed E-state index contributed by atoms with van der Waals surface area (Å²) in [6.45, 7) is 2.14. The SMILES string of the molecule is CCCc1csc(NC(=O)C2CC3CCCC(C2)C3N)n1.Cl. The Kier molecular flexibility index (Phi) is 6.24. The number of hydrogen-bond acceptors (Lipinski definition) is 4. The van der Waals surface area contributed by atoms with Gasteiger partial charge in [0.25, 0.3) is 0 Å². The summed E-state index contributed by atoms with van der Waals surface area (Å²) in [5.41, 5.74) is 7.38. The molecule has 0 aliphatic heterocycles. The van der Waals surface area contributed by atoms with Crippen molar-refractivity contribution in [1.82, 2.24) is 4.98 Å². The molecule has 2 fully saturated rings. The van der Waals surface area contributed by atoms with Crippen molar-refractivity contribution in [2.75, 3.05) is 5.32 Å². The smallest absolute Gasteiger partial charge is 0.229 e. The molecule has 0 saturated heterocycles. The van der Waals surface area contributed by atoms with E-state index in [1.54, 1.807) is 0 Å². The number of carbonyl (C=O) groups excluding carboxylic acids is 1. The Balaban J connectivity index is 0.00000176. The molecule has 2 atom stereocenters. The number of anilines is 1. The zero-order chi connectivity index (χ0) is 14.8. The van der Waals surface area contributed by atoms with Crippen LogP contribution in [0.2, 0.25) is 0 Å². The third-order valence-corrected chi connectivity index (χ3v) is 5.88. The van der Waals surface area contributed by atoms with E-state index in [-0.39, 0.29) is 24.2 Å². The van der Waals surface area contributed by atoms with Crippen LogP contribution in [-0.2, 0) is 11.2 Å². The first-order chi connectivity index (χ1) is 10.2. The number of hydrogen-bond donors (Lipinski definition) is 2. The summed E-state index contributed by atoms with van der Waals surface area (Å²) in [6.07, 6.45) is 7.64. The number of fused-ring (bicyclic) bond motifs is 2. The predicted octanol–water partition coefficient (Wildman–Crippen LogP) is 3.61. The van der Waals surface area contributed by atoms with Crippen LogP contribution < -0.4 is 11.1 Å². The molecule has 3 N–H and O–H groups in total. The first-order valence-corrected chi connectivity index (χ1v) is 9.06. The number of rotatable bonds is 4. The number of nitrogens with zero attached hydrogens (tertiary/aromatic N) is 1. The molecular weight excluding hydrogens is 318 g/mol. The molecule has 0 spiro atoms. The summed E-state index contributed by atoms with van der Waals surface area (Å²) in [4.78, 5) is 17.0. The topological polar surface area (TPSA) is 68.0 Å². The van der Waals surface area contributed by atoms with Crippen LogP contribution in [0.3, 0.4) is 0 Å². The van der Waals surface area contributed by atoms with Gasteiger partial charge in [-0.3, -0.25) is 4.79 Å². The lowest BCUT2D eigenvalue weighted by Crippen LogP contribution is -2.48. The summed E-state index contributed by atoms with van der Waals surface area (Å²) in [6, 6.07) is 0.318. The lowest BCUT2D eigenvalue weighted by Gasteiger charge is -2.43. The maximum Gasteiger partial charge on any atom is 0.229 e. The Bertz CT molecular complexity index is 493. The lowest BCUT2D eigenvalue weighted by molar-refractivity contribution is -0.122. The summed E-state index contributed by atoms with van der Waals surface area (Å²) >= 11 is 1.54. The molecule has 1 heterocycles. The normalized spacial score (nSPS) is 30.5. The van der Waals surface area contributed by atoms with Crippen molar-refractivity contribution in [3.05, 3.63) is 11.1 Å². The Morgan fingerprint density at radius 2 is 2.09 bits per heavy atom. The molecule has 1 aromatic heterocycles. The first-order valence-electron chi connectivity index (χ1n) is 8.18. The lowest BCUT2D eigenvalue weighted by atomic mass is 9.65. The Hall–Kier alpha value is -0.650. The predicted molar refractivity (Wildman–Crippen MR) is 93.5 cm³/mol. The van der Waals surface area contributed by atoms with Gasteiger partial charge >= 0.3 is 0 Å². The molecule has 124 valence electrons. The van der Waals surface area contributed by atoms with Gasteiger partial charge in [0.15, 0.2) is 5.13 Å². The van der Waals surface area contributed by atoms with Gasteiger partial charge in [-0.05, 0) is 43.9 Å². The molecule has 4 nitrogen and oxygen atoms in total. The monoisotopic (exact) mass is 343 g/mol. The zero-order valence-corrected chi connectivity index (χ0v) is 14.7. The molecule has 22 heavy (non-hydrogen) atoms. The minimum atomic E-state index is 0. The summed E-state index contributed by atoms with van der Waals surface area (Å²) in [7, 11) is 0. The maximum absolute atomic E-state index is 12.5. The van der Waals surface area contributed by atoms with Crippen molar-refractivity contribution >= 4 is 34.8 Å². The van der Waals surface area contributed by atoms with E-state index in [1.807, 2.05) is 5.38 Å². The van der Waals surface area contributed by atoms with E-state index < -0.39 is 0 Å². The van der Waals surface area contributed by atoms with Crippen molar-refractivity contribution < 1.29 is 4.79 Å². The second-order valence-electron chi connectivity index (χ2n) is 6.58. The molecule has 2 aliphatic rings. The highest BCUT2D eigenvalue weighted by atomic mass is 35.5. The van der Waals surface area contributed by atoms with Crippen molar-refractivity contribution in [3.63, 3.8) is 0 Å². The van der Waals surface area contributed by atoms with Crippen LogP contribution in [0.15, 0.2) is 5.38 Å². The van der Waals surface area contributed by atoms with Gasteiger partial charge in [-0.2, -0.15) is 0 Å². The van der Waals surface area contributed by atoms with Gasteiger partial charge in [0, 0.05) is 17.3 Å². The van der Waals surface area contributed by atoms with Crippen molar-refractivity contribution in [2.45, 2.75) is 57.9 Å². The van der Waals surface area contributed by atoms with Gasteiger partial charge in [-0.25, -0.2) is 4.98 Å². The number of amides is 1. The van der Waals surface area contributed by atoms with Crippen LogP contribution >= 0.6 is 23.7 Å². The van der Waals surface area contributed by atoms with Gasteiger partial charge in [-0.15, -0.1) is 23.7 Å². The van der Waals surface area contributed by atoms with Gasteiger partial charge in [0.2, 0.25) is 5.91 Å². The molecule has 2 bridgehead atoms. The van der Waals surface area contributed by atoms with E-state index in [0.717, 1.165) is 36.5 Å². The second-order valence-corrected chi connectivity index (χ2v) is 7.44. The van der Waals surface area contributed by atoms with Gasteiger partial charge in [-0.1, -0.05) is 19.8 Å². The molecule has 6 heteroatoms. The largest absolute Gasteiger partial charge is 0.327 e. The van der Waals surface area contributed by atoms with Crippen molar-refractivity contribution in [1.29, 1.82) is 0 Å². The van der Waals surface area contributed by atoms with Crippen molar-refractivity contribution in [2.24, 2.45) is 23.5 Å². The molecule has 2 aliphatic carbocycles. The highest BCUT2D eigenvalue weighted by Gasteiger charge is 2.40. The van der Waals surface area contributed by atoms with Crippen LogP contribution in [0.4, 0.5) is 5.13 Å². The molecule has 2 unspecified atom stereocenters. The van der Waals surface area contributed by atoms with E-state index in [9.17, 15) is 4.79 Å². The number of aromatic nitrogens is 1. The second kappa shape index (κ2) is 7.75. The number of nitrogens with two attached hydrogens (primary N) is 1. The number of thiazole rings is 1. The molecule has 2 saturated carbocycles. The third kappa shape index (κ3) is 3.81. The fraction of sp³-hybridized carbons (Fsp3) is 0.750. The highest BCUT2D eigenvalue weighted by molar-refractivity contribution is 7.13. The first kappa shape index (κ1) is 17.7. The molecule has 1 aromatic rings. The van der Waals surface area contributed by atoms with E-state index in [2.05, 4.69) is 17.2 Å². The zero-order valence-electron chi connectivity index (χ0n) is 13.1. The Morgan fingerprint density at radius 3 is 2.73 bits per heavy atom. The van der Waals surface area contributed by atoms with Crippen LogP contribution in [0.25, 0.3) is 0 Å². The minimum absolute atomic E-state index is 0. The molecule has 3 rings (SSSR count). The summed E-state index contributed by atoms with van der Waals surface area (Å²) in [5.74, 6) is 1.36. The Labute approximate surface area is 142 Å². The van der Waals surface area contributed by atoms with E-state index >= 15 is 0 Å². The standard InChI is InChI=1S/C16H25N3OS.ClH/c1-2-4-13-9-21-16(18-13)19-15(20)12-7-10-5-3-6-11(8-12)14(10)17;/h9-12,14H,2-8,17H2,1H3,(H,18,19,20);1H. The van der Waals surface area contributed by atoms with E-state index in [1.165, 1.54) is 30.6 Å². The fourth-order valence-corrected chi connectivity index (χ4v) is 4.69. The molecular formula is C16H26ClN3OS. The van der Waals surface area contributed by atoms with Gasteiger partial charge < -0.3 is 11.1 Å². The van der Waals surface area contributed by atoms with Gasteiger partial charge in [0.1, 0.15) is 0 Å². The van der Waals surface area contributed by atoms with Crippen LogP contribution in [-0.4, -0.2) is 16.9 Å². The number of carbonyl (C=O) groups is 1. The quantitative estimate of drug-likeness (QED) is 0.877. The summed E-state index contributed by atoms with van der Waals surface area (Å²) in [5, 5.41) is 5.82. The number of nitrogens with one attached hydrogen (secondary N) is 1. The Morgan fingerprint density at radius 1 is 1.41 bits per heavy atom. The van der Waals surface area contributed by atoms with E-state index in [0.29, 0.717) is 17.9 Å². The highest BCUT2D eigenvalue weighted by Crippen LogP contribution is 2.42. The third-order valence-electron chi connectivity index (χ3n) is 5.07. The average Bonchev–Trinajstić information content (AvgIpc) is 2.86.